The van der Waals surface area contributed by atoms with Crippen LogP contribution in [0, 0.1) is 0 Å². The Morgan fingerprint density at radius 2 is 1.95 bits per heavy atom. The van der Waals surface area contributed by atoms with Crippen molar-refractivity contribution in [2.45, 2.75) is 51.1 Å². The van der Waals surface area contributed by atoms with E-state index >= 15 is 0 Å². The van der Waals surface area contributed by atoms with Gasteiger partial charge in [0.2, 0.25) is 15.9 Å². The minimum absolute atomic E-state index is 0.267. The van der Waals surface area contributed by atoms with Crippen LogP contribution in [0.4, 0.5) is 5.69 Å². The summed E-state index contributed by atoms with van der Waals surface area (Å²) in [6.07, 6.45) is 1.79. The molecule has 1 saturated heterocycles. The maximum atomic E-state index is 13.2. The Morgan fingerprint density at radius 3 is 2.58 bits per heavy atom. The summed E-state index contributed by atoms with van der Waals surface area (Å²) in [6.45, 7) is 5.64. The third-order valence-electron chi connectivity index (χ3n) is 5.89. The molecule has 208 valence electrons. The van der Waals surface area contributed by atoms with E-state index in [1.54, 1.807) is 35.2 Å². The number of benzene rings is 1. The molecule has 14 heteroatoms. The van der Waals surface area contributed by atoms with Gasteiger partial charge in [-0.2, -0.15) is 0 Å². The Balaban J connectivity index is 1.86. The number of amides is 1. The zero-order chi connectivity index (χ0) is 27.9. The van der Waals surface area contributed by atoms with Gasteiger partial charge in [0.1, 0.15) is 19.0 Å². The lowest BCUT2D eigenvalue weighted by Gasteiger charge is -2.42. The van der Waals surface area contributed by atoms with Crippen molar-refractivity contribution in [1.82, 2.24) is 19.4 Å². The third kappa shape index (κ3) is 7.24. The number of hydrogen-bond donors (Lipinski definition) is 3. The number of hydrogen-bond acceptors (Lipinski definition) is 9. The standard InChI is InChI=1S/C24H34N6O7S/c1-4-37-23-19(11-8-12-29(23)17(2)25)26-21(31)14-30-22(32)20(13-28(16-36-3)24(30)33)27-38(34,35)15-18-9-6-5-7-10-18/h5-7,9-10,13,19,23,27H,2,4,8,11-12,14-16,25H2,1,3H3,(H,26,31). The van der Waals surface area contributed by atoms with Crippen molar-refractivity contribution in [3.8, 4) is 0 Å². The summed E-state index contributed by atoms with van der Waals surface area (Å²) >= 11 is 0. The molecule has 1 aromatic carbocycles. The molecule has 2 unspecified atom stereocenters. The average molecular weight is 551 g/mol. The lowest BCUT2D eigenvalue weighted by Crippen LogP contribution is -2.57. The normalized spacial score (nSPS) is 17.7. The summed E-state index contributed by atoms with van der Waals surface area (Å²) in [7, 11) is -2.68. The zero-order valence-corrected chi connectivity index (χ0v) is 22.3. The highest BCUT2D eigenvalue weighted by Gasteiger charge is 2.33. The van der Waals surface area contributed by atoms with Gasteiger partial charge in [0, 0.05) is 26.5 Å². The minimum atomic E-state index is -4.01. The van der Waals surface area contributed by atoms with E-state index in [0.29, 0.717) is 41.9 Å². The van der Waals surface area contributed by atoms with E-state index in [1.807, 2.05) is 6.92 Å². The molecule has 4 N–H and O–H groups in total. The molecule has 1 aliphatic heterocycles. The number of likely N-dealkylation sites (tertiary alicyclic amines) is 1. The van der Waals surface area contributed by atoms with Gasteiger partial charge in [0.15, 0.2) is 6.23 Å². The molecule has 1 aromatic heterocycles. The van der Waals surface area contributed by atoms with E-state index in [4.69, 9.17) is 15.2 Å². The van der Waals surface area contributed by atoms with Gasteiger partial charge in [0.05, 0.1) is 17.6 Å². The van der Waals surface area contributed by atoms with Gasteiger partial charge in [0.25, 0.3) is 5.56 Å². The number of ether oxygens (including phenoxy) is 2. The van der Waals surface area contributed by atoms with Gasteiger partial charge in [-0.15, -0.1) is 0 Å². The second-order valence-electron chi connectivity index (χ2n) is 8.80. The first-order valence-electron chi connectivity index (χ1n) is 12.1. The molecule has 0 spiro atoms. The molecule has 0 radical (unpaired) electrons. The number of nitrogens with two attached hydrogens (primary N) is 1. The van der Waals surface area contributed by atoms with Gasteiger partial charge in [-0.3, -0.25) is 18.9 Å². The lowest BCUT2D eigenvalue weighted by atomic mass is 10.0. The van der Waals surface area contributed by atoms with E-state index in [1.165, 1.54) is 7.11 Å². The Labute approximate surface area is 220 Å². The average Bonchev–Trinajstić information content (AvgIpc) is 2.86. The molecule has 13 nitrogen and oxygen atoms in total. The van der Waals surface area contributed by atoms with Gasteiger partial charge in [-0.05, 0) is 25.3 Å². The monoisotopic (exact) mass is 550 g/mol. The van der Waals surface area contributed by atoms with Crippen molar-refractivity contribution < 1.29 is 22.7 Å². The molecule has 2 heterocycles. The van der Waals surface area contributed by atoms with Crippen molar-refractivity contribution in [3.63, 3.8) is 0 Å². The maximum absolute atomic E-state index is 13.2. The van der Waals surface area contributed by atoms with Crippen LogP contribution in [0.2, 0.25) is 0 Å². The Kier molecular flexibility index (Phi) is 9.72. The number of carbonyl (C=O) groups excluding carboxylic acids is 1. The van der Waals surface area contributed by atoms with E-state index < -0.39 is 46.0 Å². The first-order valence-corrected chi connectivity index (χ1v) is 13.7. The quantitative estimate of drug-likeness (QED) is 0.328. The van der Waals surface area contributed by atoms with Gasteiger partial charge >= 0.3 is 5.69 Å². The van der Waals surface area contributed by atoms with Crippen LogP contribution in [-0.2, 0) is 43.3 Å². The van der Waals surface area contributed by atoms with E-state index in [0.717, 1.165) is 10.8 Å². The predicted molar refractivity (Wildman–Crippen MR) is 141 cm³/mol. The van der Waals surface area contributed by atoms with Crippen LogP contribution in [0.15, 0.2) is 58.5 Å². The van der Waals surface area contributed by atoms with E-state index in [-0.39, 0.29) is 18.2 Å². The Morgan fingerprint density at radius 1 is 1.24 bits per heavy atom. The smallest absolute Gasteiger partial charge is 0.333 e. The summed E-state index contributed by atoms with van der Waals surface area (Å²) in [5.74, 6) is -0.714. The van der Waals surface area contributed by atoms with Crippen LogP contribution in [0.3, 0.4) is 0 Å². The maximum Gasteiger partial charge on any atom is 0.333 e. The number of nitrogens with zero attached hydrogens (tertiary/aromatic N) is 3. The molecule has 1 aliphatic rings. The molecule has 3 rings (SSSR count). The highest BCUT2D eigenvalue weighted by atomic mass is 32.2. The second-order valence-corrected chi connectivity index (χ2v) is 10.5. The summed E-state index contributed by atoms with van der Waals surface area (Å²) in [5.41, 5.74) is 4.21. The minimum Gasteiger partial charge on any atom is -0.386 e. The topological polar surface area (TPSA) is 167 Å². The van der Waals surface area contributed by atoms with Crippen LogP contribution >= 0.6 is 0 Å². The number of sulfonamides is 1. The first kappa shape index (κ1) is 28.9. The fourth-order valence-electron chi connectivity index (χ4n) is 4.28. The number of anilines is 1. The molecule has 1 amide bonds. The number of piperidine rings is 1. The largest absolute Gasteiger partial charge is 0.386 e. The van der Waals surface area contributed by atoms with Crippen molar-refractivity contribution in [1.29, 1.82) is 0 Å². The number of carbonyl (C=O) groups is 1. The summed E-state index contributed by atoms with van der Waals surface area (Å²) < 4.78 is 40.2. The van der Waals surface area contributed by atoms with Crippen molar-refractivity contribution >= 4 is 21.6 Å². The van der Waals surface area contributed by atoms with E-state index in [9.17, 15) is 22.8 Å². The molecular formula is C24H34N6O7S. The zero-order valence-electron chi connectivity index (χ0n) is 21.5. The second kappa shape index (κ2) is 12.8. The summed E-state index contributed by atoms with van der Waals surface area (Å²) in [6, 6.07) is 7.94. The molecule has 2 aromatic rings. The molecule has 0 aliphatic carbocycles. The van der Waals surface area contributed by atoms with Crippen molar-refractivity contribution in [2.75, 3.05) is 25.0 Å². The highest BCUT2D eigenvalue weighted by molar-refractivity contribution is 7.91. The van der Waals surface area contributed by atoms with Gasteiger partial charge < -0.3 is 25.4 Å². The van der Waals surface area contributed by atoms with Crippen LogP contribution in [0.25, 0.3) is 0 Å². The van der Waals surface area contributed by atoms with Crippen LogP contribution in [0.5, 0.6) is 0 Å². The lowest BCUT2D eigenvalue weighted by molar-refractivity contribution is -0.128. The highest BCUT2D eigenvalue weighted by Crippen LogP contribution is 2.21. The summed E-state index contributed by atoms with van der Waals surface area (Å²) in [4.78, 5) is 40.9. The van der Waals surface area contributed by atoms with Gasteiger partial charge in [-0.25, -0.2) is 17.8 Å². The van der Waals surface area contributed by atoms with Crippen molar-refractivity contribution in [2.24, 2.45) is 5.73 Å². The molecule has 0 saturated carbocycles. The summed E-state index contributed by atoms with van der Waals surface area (Å²) in [5, 5.41) is 2.81. The molecule has 1 fully saturated rings. The number of methoxy groups -OCH3 is 1. The Bertz CT molecular complexity index is 1360. The molecular weight excluding hydrogens is 516 g/mol. The van der Waals surface area contributed by atoms with Gasteiger partial charge in [-0.1, -0.05) is 36.9 Å². The van der Waals surface area contributed by atoms with Crippen molar-refractivity contribution in [3.05, 3.63) is 75.3 Å². The third-order valence-corrected chi connectivity index (χ3v) is 7.13. The van der Waals surface area contributed by atoms with E-state index in [2.05, 4.69) is 16.6 Å². The van der Waals surface area contributed by atoms with Crippen LogP contribution in [0.1, 0.15) is 25.3 Å². The fraction of sp³-hybridized carbons (Fsp3) is 0.458. The first-order chi connectivity index (χ1) is 18.1. The SMILES string of the molecule is C=C(N)N1CCCC(NC(=O)Cn2c(=O)c(NS(=O)(=O)Cc3ccccc3)cn(COC)c2=O)C1OCC. The van der Waals surface area contributed by atoms with Crippen LogP contribution < -0.4 is 27.0 Å². The molecule has 2 atom stereocenters. The Hall–Kier alpha value is -3.62. The van der Waals surface area contributed by atoms with Crippen LogP contribution in [-0.4, -0.2) is 60.9 Å². The molecule has 38 heavy (non-hydrogen) atoms. The molecule has 0 bridgehead atoms. The predicted octanol–water partition coefficient (Wildman–Crippen LogP) is -0.0711. The number of aromatic nitrogens is 2. The number of rotatable bonds is 12. The fourth-order valence-corrected chi connectivity index (χ4v) is 5.46. The number of nitrogens with one attached hydrogen (secondary N) is 2.